The fourth-order valence-electron chi connectivity index (χ4n) is 1.74. The summed E-state index contributed by atoms with van der Waals surface area (Å²) in [5.74, 6) is 0.196. The van der Waals surface area contributed by atoms with Crippen LogP contribution >= 0.6 is 0 Å². The molecule has 0 aliphatic carbocycles. The minimum atomic E-state index is -0.353. The van der Waals surface area contributed by atoms with Crippen molar-refractivity contribution in [2.45, 2.75) is 13.3 Å². The van der Waals surface area contributed by atoms with E-state index in [4.69, 9.17) is 4.74 Å². The Morgan fingerprint density at radius 1 is 1.00 bits per heavy atom. The summed E-state index contributed by atoms with van der Waals surface area (Å²) < 4.78 is 5.09. The molecule has 2 aromatic carbocycles. The van der Waals surface area contributed by atoms with Crippen molar-refractivity contribution < 1.29 is 19.7 Å². The number of aromatic hydroxyl groups is 2. The number of rotatable bonds is 4. The zero-order valence-corrected chi connectivity index (χ0v) is 11.6. The first-order valence-corrected chi connectivity index (χ1v) is 6.58. The third-order valence-corrected chi connectivity index (χ3v) is 2.80. The molecule has 0 spiro atoms. The van der Waals surface area contributed by atoms with Gasteiger partial charge in [-0.05, 0) is 35.4 Å². The van der Waals surface area contributed by atoms with Crippen molar-refractivity contribution in [2.75, 3.05) is 0 Å². The smallest absolute Gasteiger partial charge is 0.310 e. The van der Waals surface area contributed by atoms with E-state index in [9.17, 15) is 15.0 Å². The van der Waals surface area contributed by atoms with Crippen LogP contribution in [-0.2, 0) is 4.79 Å². The molecule has 4 nitrogen and oxygen atoms in total. The number of ether oxygens (including phenoxy) is 1. The van der Waals surface area contributed by atoms with Gasteiger partial charge in [0.1, 0.15) is 17.2 Å². The quantitative estimate of drug-likeness (QED) is 0.511. The molecule has 0 heterocycles. The van der Waals surface area contributed by atoms with Crippen LogP contribution in [0.15, 0.2) is 42.5 Å². The monoisotopic (exact) mass is 284 g/mol. The number of hydrogen-bond donors (Lipinski definition) is 2. The normalized spacial score (nSPS) is 10.7. The molecule has 0 atom stereocenters. The Kier molecular flexibility index (Phi) is 4.61. The number of esters is 1. The highest BCUT2D eigenvalue weighted by Crippen LogP contribution is 2.24. The van der Waals surface area contributed by atoms with Gasteiger partial charge in [0.05, 0.1) is 0 Å². The molecule has 2 rings (SSSR count). The molecule has 21 heavy (non-hydrogen) atoms. The van der Waals surface area contributed by atoms with Crippen LogP contribution in [0.4, 0.5) is 0 Å². The summed E-state index contributed by atoms with van der Waals surface area (Å²) in [6, 6.07) is 11.4. The van der Waals surface area contributed by atoms with Crippen molar-refractivity contribution >= 4 is 18.1 Å². The van der Waals surface area contributed by atoms with Crippen molar-refractivity contribution in [3.8, 4) is 17.2 Å². The van der Waals surface area contributed by atoms with Crippen LogP contribution in [0.5, 0.6) is 17.2 Å². The van der Waals surface area contributed by atoms with Gasteiger partial charge in [-0.1, -0.05) is 31.2 Å². The lowest BCUT2D eigenvalue weighted by molar-refractivity contribution is -0.134. The summed E-state index contributed by atoms with van der Waals surface area (Å²) in [6.45, 7) is 1.71. The topological polar surface area (TPSA) is 66.8 Å². The molecule has 4 heteroatoms. The number of phenolic OH excluding ortho intramolecular Hbond substituents is 2. The van der Waals surface area contributed by atoms with Crippen LogP contribution in [0.3, 0.4) is 0 Å². The lowest BCUT2D eigenvalue weighted by Crippen LogP contribution is -2.05. The van der Waals surface area contributed by atoms with Crippen LogP contribution in [0.1, 0.15) is 24.5 Å². The second-order valence-corrected chi connectivity index (χ2v) is 4.51. The zero-order valence-electron chi connectivity index (χ0n) is 11.6. The largest absolute Gasteiger partial charge is 0.508 e. The Morgan fingerprint density at radius 3 is 2.33 bits per heavy atom. The van der Waals surface area contributed by atoms with Crippen molar-refractivity contribution in [3.05, 3.63) is 53.6 Å². The highest BCUT2D eigenvalue weighted by atomic mass is 16.5. The van der Waals surface area contributed by atoms with Crippen molar-refractivity contribution in [3.63, 3.8) is 0 Å². The molecule has 0 aliphatic heterocycles. The maximum Gasteiger partial charge on any atom is 0.310 e. The van der Waals surface area contributed by atoms with E-state index in [1.807, 2.05) is 6.08 Å². The van der Waals surface area contributed by atoms with Crippen LogP contribution in [-0.4, -0.2) is 16.2 Å². The Morgan fingerprint density at radius 2 is 1.67 bits per heavy atom. The summed E-state index contributed by atoms with van der Waals surface area (Å²) in [4.78, 5) is 11.3. The van der Waals surface area contributed by atoms with E-state index in [-0.39, 0.29) is 23.9 Å². The average Bonchev–Trinajstić information content (AvgIpc) is 2.46. The second-order valence-electron chi connectivity index (χ2n) is 4.51. The van der Waals surface area contributed by atoms with Crippen LogP contribution in [0.25, 0.3) is 12.2 Å². The van der Waals surface area contributed by atoms with E-state index < -0.39 is 0 Å². The minimum Gasteiger partial charge on any atom is -0.508 e. The molecule has 0 saturated heterocycles. The van der Waals surface area contributed by atoms with E-state index in [2.05, 4.69) is 0 Å². The highest BCUT2D eigenvalue weighted by Gasteiger charge is 2.04. The third-order valence-electron chi connectivity index (χ3n) is 2.80. The highest BCUT2D eigenvalue weighted by molar-refractivity contribution is 5.74. The molecule has 0 radical (unpaired) electrons. The fraction of sp³-hybridized carbons (Fsp3) is 0.118. The van der Waals surface area contributed by atoms with Crippen LogP contribution in [0, 0.1) is 0 Å². The molecule has 0 fully saturated rings. The van der Waals surface area contributed by atoms with Gasteiger partial charge in [0.15, 0.2) is 0 Å². The SMILES string of the molecule is CCC(=O)Oc1cc(O)cc(/C=C/c2ccc(O)cc2)c1. The number of phenols is 2. The summed E-state index contributed by atoms with van der Waals surface area (Å²) in [5.41, 5.74) is 1.62. The first-order chi connectivity index (χ1) is 10.1. The molecule has 0 amide bonds. The van der Waals surface area contributed by atoms with E-state index in [1.165, 1.54) is 6.07 Å². The lowest BCUT2D eigenvalue weighted by atomic mass is 10.1. The standard InChI is InChI=1S/C17H16O4/c1-2-17(20)21-16-10-13(9-15(19)11-16)4-3-12-5-7-14(18)8-6-12/h3-11,18-19H,2H2,1H3/b4-3+. The molecule has 0 aromatic heterocycles. The maximum absolute atomic E-state index is 11.3. The zero-order chi connectivity index (χ0) is 15.2. The Hall–Kier alpha value is -2.75. The number of benzene rings is 2. The molecule has 2 aromatic rings. The van der Waals surface area contributed by atoms with E-state index in [1.54, 1.807) is 49.4 Å². The number of hydrogen-bond acceptors (Lipinski definition) is 4. The average molecular weight is 284 g/mol. The summed E-state index contributed by atoms with van der Waals surface area (Å²) in [7, 11) is 0. The van der Waals surface area contributed by atoms with Gasteiger partial charge in [-0.25, -0.2) is 0 Å². The first-order valence-electron chi connectivity index (χ1n) is 6.58. The van der Waals surface area contributed by atoms with Gasteiger partial charge in [-0.3, -0.25) is 4.79 Å². The summed E-state index contributed by atoms with van der Waals surface area (Å²) in [5, 5.41) is 18.9. The Bertz CT molecular complexity index is 657. The van der Waals surface area contributed by atoms with Gasteiger partial charge < -0.3 is 14.9 Å². The van der Waals surface area contributed by atoms with Crippen LogP contribution < -0.4 is 4.74 Å². The summed E-state index contributed by atoms with van der Waals surface area (Å²) in [6.07, 6.45) is 3.89. The lowest BCUT2D eigenvalue weighted by Gasteiger charge is -2.05. The van der Waals surface area contributed by atoms with Crippen molar-refractivity contribution in [1.82, 2.24) is 0 Å². The summed E-state index contributed by atoms with van der Waals surface area (Å²) >= 11 is 0. The third kappa shape index (κ3) is 4.38. The van der Waals surface area contributed by atoms with E-state index in [0.29, 0.717) is 11.3 Å². The molecule has 108 valence electrons. The number of carbonyl (C=O) groups is 1. The predicted octanol–water partition coefficient (Wildman–Crippen LogP) is 3.58. The van der Waals surface area contributed by atoms with Gasteiger partial charge in [-0.15, -0.1) is 0 Å². The van der Waals surface area contributed by atoms with Crippen molar-refractivity contribution in [2.24, 2.45) is 0 Å². The maximum atomic E-state index is 11.3. The van der Waals surface area contributed by atoms with Gasteiger partial charge in [0, 0.05) is 12.5 Å². The molecule has 2 N–H and O–H groups in total. The molecule has 0 bridgehead atoms. The van der Waals surface area contributed by atoms with Gasteiger partial charge in [-0.2, -0.15) is 0 Å². The van der Waals surface area contributed by atoms with Crippen LogP contribution in [0.2, 0.25) is 0 Å². The molecule has 0 aliphatic rings. The predicted molar refractivity (Wildman–Crippen MR) is 81.1 cm³/mol. The Balaban J connectivity index is 2.19. The molecule has 0 unspecified atom stereocenters. The molecular formula is C17H16O4. The first kappa shape index (κ1) is 14.7. The molecular weight excluding hydrogens is 268 g/mol. The Labute approximate surface area is 122 Å². The number of carbonyl (C=O) groups excluding carboxylic acids is 1. The molecule has 0 saturated carbocycles. The van der Waals surface area contributed by atoms with Gasteiger partial charge in [0.25, 0.3) is 0 Å². The second kappa shape index (κ2) is 6.61. The van der Waals surface area contributed by atoms with Gasteiger partial charge >= 0.3 is 5.97 Å². The fourth-order valence-corrected chi connectivity index (χ4v) is 1.74. The van der Waals surface area contributed by atoms with E-state index in [0.717, 1.165) is 5.56 Å². The van der Waals surface area contributed by atoms with Gasteiger partial charge in [0.2, 0.25) is 0 Å². The minimum absolute atomic E-state index is 0.0294. The van der Waals surface area contributed by atoms with E-state index >= 15 is 0 Å². The van der Waals surface area contributed by atoms with Crippen molar-refractivity contribution in [1.29, 1.82) is 0 Å².